The van der Waals surface area contributed by atoms with E-state index in [0.29, 0.717) is 13.2 Å². The summed E-state index contributed by atoms with van der Waals surface area (Å²) in [6.45, 7) is 3.20. The second kappa shape index (κ2) is 5.22. The molecule has 0 aromatic heterocycles. The van der Waals surface area contributed by atoms with Gasteiger partial charge >= 0.3 is 0 Å². The lowest BCUT2D eigenvalue weighted by atomic mass is 10.1. The van der Waals surface area contributed by atoms with Crippen molar-refractivity contribution in [1.29, 1.82) is 0 Å². The molecule has 0 spiro atoms. The van der Waals surface area contributed by atoms with Gasteiger partial charge in [-0.25, -0.2) is 0 Å². The van der Waals surface area contributed by atoms with Crippen molar-refractivity contribution in [2.45, 2.75) is 31.4 Å². The largest absolute Gasteiger partial charge is 0.382 e. The van der Waals surface area contributed by atoms with Crippen molar-refractivity contribution in [1.82, 2.24) is 4.90 Å². The van der Waals surface area contributed by atoms with Crippen LogP contribution in [-0.4, -0.2) is 49.2 Å². The van der Waals surface area contributed by atoms with Crippen molar-refractivity contribution in [3.8, 4) is 0 Å². The maximum atomic E-state index is 12.9. The Hall–Kier alpha value is -1.75. The van der Waals surface area contributed by atoms with Gasteiger partial charge in [-0.15, -0.1) is 0 Å². The first-order valence-corrected chi connectivity index (χ1v) is 7.87. The Morgan fingerprint density at radius 2 is 2.05 bits per heavy atom. The smallest absolute Gasteiger partial charge is 0.254 e. The normalized spacial score (nSPS) is 27.3. The van der Waals surface area contributed by atoms with Gasteiger partial charge in [-0.3, -0.25) is 4.79 Å². The van der Waals surface area contributed by atoms with E-state index in [0.717, 1.165) is 49.3 Å². The molecule has 0 bridgehead atoms. The summed E-state index contributed by atoms with van der Waals surface area (Å²) >= 11 is 0. The van der Waals surface area contributed by atoms with Gasteiger partial charge in [0.2, 0.25) is 0 Å². The van der Waals surface area contributed by atoms with E-state index in [1.165, 1.54) is 0 Å². The summed E-state index contributed by atoms with van der Waals surface area (Å²) in [6, 6.07) is 6.18. The van der Waals surface area contributed by atoms with Crippen LogP contribution in [0.1, 0.15) is 29.6 Å². The van der Waals surface area contributed by atoms with Crippen molar-refractivity contribution >= 4 is 17.3 Å². The van der Waals surface area contributed by atoms with Crippen LogP contribution in [0.5, 0.6) is 0 Å². The molecule has 3 aliphatic rings. The lowest BCUT2D eigenvalue weighted by Crippen LogP contribution is -2.51. The fourth-order valence-corrected chi connectivity index (χ4v) is 3.72. The van der Waals surface area contributed by atoms with Crippen LogP contribution in [0.15, 0.2) is 18.2 Å². The summed E-state index contributed by atoms with van der Waals surface area (Å²) < 4.78 is 5.79. The molecule has 21 heavy (non-hydrogen) atoms. The third-order valence-electron chi connectivity index (χ3n) is 4.77. The van der Waals surface area contributed by atoms with Gasteiger partial charge in [0.05, 0.1) is 30.1 Å². The number of ether oxygens (including phenoxy) is 1. The molecule has 2 heterocycles. The Balaban J connectivity index is 1.59. The maximum Gasteiger partial charge on any atom is 0.254 e. The van der Waals surface area contributed by atoms with Crippen LogP contribution in [0.3, 0.4) is 0 Å². The first-order chi connectivity index (χ1) is 10.3. The Bertz CT molecular complexity index is 560. The van der Waals surface area contributed by atoms with Crippen molar-refractivity contribution in [3.05, 3.63) is 23.8 Å². The third kappa shape index (κ3) is 2.25. The number of carbonyl (C=O) groups is 1. The number of rotatable bonds is 1. The summed E-state index contributed by atoms with van der Waals surface area (Å²) in [5.41, 5.74) is 2.89. The van der Waals surface area contributed by atoms with Gasteiger partial charge in [0.25, 0.3) is 5.91 Å². The number of nitrogens with one attached hydrogen (secondary N) is 2. The van der Waals surface area contributed by atoms with Gasteiger partial charge in [-0.1, -0.05) is 0 Å². The number of benzene rings is 1. The molecule has 5 heteroatoms. The van der Waals surface area contributed by atoms with Gasteiger partial charge in [0, 0.05) is 25.2 Å². The molecular weight excluding hydrogens is 266 g/mol. The molecule has 4 rings (SSSR count). The molecule has 1 saturated carbocycles. The molecule has 2 aliphatic heterocycles. The molecule has 112 valence electrons. The van der Waals surface area contributed by atoms with E-state index >= 15 is 0 Å². The van der Waals surface area contributed by atoms with E-state index in [9.17, 15) is 4.79 Å². The minimum absolute atomic E-state index is 0.144. The van der Waals surface area contributed by atoms with Crippen LogP contribution in [-0.2, 0) is 4.74 Å². The van der Waals surface area contributed by atoms with E-state index in [2.05, 4.69) is 10.6 Å². The van der Waals surface area contributed by atoms with Gasteiger partial charge in [0.15, 0.2) is 0 Å². The van der Waals surface area contributed by atoms with Crippen LogP contribution in [0.2, 0.25) is 0 Å². The average Bonchev–Trinajstić information content (AvgIpc) is 3.02. The highest BCUT2D eigenvalue weighted by Crippen LogP contribution is 2.32. The lowest BCUT2D eigenvalue weighted by Gasteiger charge is -2.37. The van der Waals surface area contributed by atoms with Gasteiger partial charge < -0.3 is 20.3 Å². The van der Waals surface area contributed by atoms with Gasteiger partial charge in [-0.05, 0) is 37.5 Å². The summed E-state index contributed by atoms with van der Waals surface area (Å²) in [7, 11) is 0. The molecule has 1 aromatic carbocycles. The molecule has 0 radical (unpaired) electrons. The zero-order valence-corrected chi connectivity index (χ0v) is 12.1. The number of hydrogen-bond acceptors (Lipinski definition) is 4. The standard InChI is InChI=1S/C16H21N3O2/c20-16(19-8-9-21-15-3-1-2-14(15)19)11-4-5-12-13(10-11)18-7-6-17-12/h4-5,10,14-15,17-18H,1-3,6-9H2. The lowest BCUT2D eigenvalue weighted by molar-refractivity contribution is -0.0445. The van der Waals surface area contributed by atoms with Crippen LogP contribution >= 0.6 is 0 Å². The first kappa shape index (κ1) is 13.0. The van der Waals surface area contributed by atoms with Gasteiger partial charge in [0.1, 0.15) is 0 Å². The van der Waals surface area contributed by atoms with Crippen LogP contribution in [0.4, 0.5) is 11.4 Å². The molecular formula is C16H21N3O2. The quantitative estimate of drug-likeness (QED) is 0.828. The number of anilines is 2. The van der Waals surface area contributed by atoms with E-state index in [1.807, 2.05) is 23.1 Å². The highest BCUT2D eigenvalue weighted by Gasteiger charge is 2.38. The average molecular weight is 287 g/mol. The predicted molar refractivity (Wildman–Crippen MR) is 81.8 cm³/mol. The number of fused-ring (bicyclic) bond motifs is 2. The number of carbonyl (C=O) groups excluding carboxylic acids is 1. The van der Waals surface area contributed by atoms with Crippen LogP contribution in [0, 0.1) is 0 Å². The number of nitrogens with zero attached hydrogens (tertiary/aromatic N) is 1. The number of amides is 1. The highest BCUT2D eigenvalue weighted by atomic mass is 16.5. The van der Waals surface area contributed by atoms with E-state index in [1.54, 1.807) is 0 Å². The third-order valence-corrected chi connectivity index (χ3v) is 4.77. The monoisotopic (exact) mass is 287 g/mol. The second-order valence-corrected chi connectivity index (χ2v) is 6.02. The molecule has 2 N–H and O–H groups in total. The fourth-order valence-electron chi connectivity index (χ4n) is 3.72. The molecule has 2 unspecified atom stereocenters. The predicted octanol–water partition coefficient (Wildman–Crippen LogP) is 1.92. The van der Waals surface area contributed by atoms with E-state index < -0.39 is 0 Å². The Kier molecular flexibility index (Phi) is 3.22. The summed E-state index contributed by atoms with van der Waals surface area (Å²) in [4.78, 5) is 14.9. The minimum atomic E-state index is 0.144. The maximum absolute atomic E-state index is 12.9. The zero-order chi connectivity index (χ0) is 14.2. The molecule has 1 aliphatic carbocycles. The molecule has 2 atom stereocenters. The summed E-state index contributed by atoms with van der Waals surface area (Å²) in [5, 5.41) is 6.69. The van der Waals surface area contributed by atoms with Crippen LogP contribution < -0.4 is 10.6 Å². The van der Waals surface area contributed by atoms with E-state index in [4.69, 9.17) is 4.74 Å². The van der Waals surface area contributed by atoms with Crippen molar-refractivity contribution in [2.24, 2.45) is 0 Å². The molecule has 2 fully saturated rings. The molecule has 1 amide bonds. The van der Waals surface area contributed by atoms with Gasteiger partial charge in [-0.2, -0.15) is 0 Å². The highest BCUT2D eigenvalue weighted by molar-refractivity contribution is 5.96. The first-order valence-electron chi connectivity index (χ1n) is 7.87. The SMILES string of the molecule is O=C(c1ccc2c(c1)NCCN2)N1CCOC2CCCC21. The zero-order valence-electron chi connectivity index (χ0n) is 12.1. The fraction of sp³-hybridized carbons (Fsp3) is 0.562. The Morgan fingerprint density at radius 3 is 2.95 bits per heavy atom. The van der Waals surface area contributed by atoms with Crippen molar-refractivity contribution in [2.75, 3.05) is 36.9 Å². The molecule has 1 saturated heterocycles. The summed E-state index contributed by atoms with van der Waals surface area (Å²) in [6.07, 6.45) is 3.57. The number of morpholine rings is 1. The minimum Gasteiger partial charge on any atom is -0.382 e. The molecule has 5 nitrogen and oxygen atoms in total. The van der Waals surface area contributed by atoms with Crippen molar-refractivity contribution < 1.29 is 9.53 Å². The molecule has 1 aromatic rings. The second-order valence-electron chi connectivity index (χ2n) is 6.02. The number of hydrogen-bond donors (Lipinski definition) is 2. The topological polar surface area (TPSA) is 53.6 Å². The van der Waals surface area contributed by atoms with Crippen LogP contribution in [0.25, 0.3) is 0 Å². The summed E-state index contributed by atoms with van der Waals surface area (Å²) in [5.74, 6) is 0.144. The van der Waals surface area contributed by atoms with Crippen molar-refractivity contribution in [3.63, 3.8) is 0 Å². The Labute approximate surface area is 124 Å². The van der Waals surface area contributed by atoms with E-state index in [-0.39, 0.29) is 18.1 Å². The Morgan fingerprint density at radius 1 is 1.19 bits per heavy atom.